The monoisotopic (exact) mass is 410 g/mol. The normalized spacial score (nSPS) is 13.8. The number of fused-ring (bicyclic) bond motifs is 2. The molecule has 28 heavy (non-hydrogen) atoms. The number of anilines is 2. The number of nitrogen functional groups attached to an aromatic ring is 2. The Morgan fingerprint density at radius 3 is 2.00 bits per heavy atom. The van der Waals surface area contributed by atoms with Crippen LogP contribution in [0.1, 0.15) is 31.8 Å². The largest absolute Gasteiger partial charge is 0.399 e. The fourth-order valence-corrected chi connectivity index (χ4v) is 4.73. The van der Waals surface area contributed by atoms with E-state index in [-0.39, 0.29) is 38.6 Å². The summed E-state index contributed by atoms with van der Waals surface area (Å²) in [6, 6.07) is 14.8. The molecule has 8 heteroatoms. The van der Waals surface area contributed by atoms with Crippen LogP contribution in [-0.4, -0.2) is 20.3 Å². The molecule has 1 aliphatic carbocycles. The van der Waals surface area contributed by atoms with Gasteiger partial charge in [0.05, 0.1) is 16.1 Å². The highest BCUT2D eigenvalue weighted by atomic mass is 32.2. The molecule has 1 atom stereocenters. The SMILES string of the molecule is Nc1ccc(Sc2cc(S(=O)O)c(N)c3c2C(=O)c2ccccc2C3=O)cc1. The van der Waals surface area contributed by atoms with E-state index in [2.05, 4.69) is 0 Å². The maximum atomic E-state index is 13.2. The van der Waals surface area contributed by atoms with Gasteiger partial charge in [-0.15, -0.1) is 0 Å². The van der Waals surface area contributed by atoms with Crippen LogP contribution in [0.5, 0.6) is 0 Å². The number of carbonyl (C=O) groups excluding carboxylic acids is 2. The van der Waals surface area contributed by atoms with Crippen molar-refractivity contribution in [1.29, 1.82) is 0 Å². The van der Waals surface area contributed by atoms with Gasteiger partial charge in [-0.3, -0.25) is 9.59 Å². The van der Waals surface area contributed by atoms with Gasteiger partial charge in [0.2, 0.25) is 0 Å². The molecule has 3 aromatic rings. The molecule has 1 aliphatic rings. The van der Waals surface area contributed by atoms with Crippen LogP contribution in [0.3, 0.4) is 0 Å². The van der Waals surface area contributed by atoms with E-state index in [0.717, 1.165) is 4.90 Å². The molecule has 0 aliphatic heterocycles. The molecule has 0 saturated carbocycles. The van der Waals surface area contributed by atoms with Crippen molar-refractivity contribution in [3.8, 4) is 0 Å². The highest BCUT2D eigenvalue weighted by Crippen LogP contribution is 2.42. The maximum Gasteiger partial charge on any atom is 0.196 e. The lowest BCUT2D eigenvalue weighted by molar-refractivity contribution is 0.0977. The number of ketones is 2. The van der Waals surface area contributed by atoms with Crippen molar-refractivity contribution >= 4 is 45.8 Å². The van der Waals surface area contributed by atoms with Crippen molar-refractivity contribution in [2.24, 2.45) is 0 Å². The molecule has 4 rings (SSSR count). The highest BCUT2D eigenvalue weighted by Gasteiger charge is 2.35. The molecule has 0 saturated heterocycles. The Bertz CT molecular complexity index is 1170. The molecule has 1 unspecified atom stereocenters. The summed E-state index contributed by atoms with van der Waals surface area (Å²) in [7, 11) is 0. The molecule has 0 amide bonds. The van der Waals surface area contributed by atoms with Crippen LogP contribution in [0.4, 0.5) is 11.4 Å². The molecular formula is C20H14N2O4S2. The third kappa shape index (κ3) is 2.91. The van der Waals surface area contributed by atoms with E-state index in [1.165, 1.54) is 17.8 Å². The van der Waals surface area contributed by atoms with Gasteiger partial charge in [0.25, 0.3) is 0 Å². The van der Waals surface area contributed by atoms with Gasteiger partial charge in [-0.05, 0) is 30.3 Å². The first-order chi connectivity index (χ1) is 13.4. The third-order valence-corrected chi connectivity index (χ3v) is 6.22. The summed E-state index contributed by atoms with van der Waals surface area (Å²) in [5.41, 5.74) is 12.8. The molecule has 0 aromatic heterocycles. The number of carbonyl (C=O) groups is 2. The zero-order chi connectivity index (χ0) is 20.0. The second-order valence-corrected chi connectivity index (χ2v) is 8.21. The number of hydrogen-bond acceptors (Lipinski definition) is 6. The van der Waals surface area contributed by atoms with Crippen molar-refractivity contribution in [3.63, 3.8) is 0 Å². The number of benzene rings is 3. The average molecular weight is 410 g/mol. The quantitative estimate of drug-likeness (QED) is 0.349. The predicted octanol–water partition coefficient (Wildman–Crippen LogP) is 3.36. The summed E-state index contributed by atoms with van der Waals surface area (Å²) < 4.78 is 21.5. The molecule has 0 heterocycles. The minimum atomic E-state index is -2.42. The topological polar surface area (TPSA) is 123 Å². The summed E-state index contributed by atoms with van der Waals surface area (Å²) in [6.07, 6.45) is 0. The Kier molecular flexibility index (Phi) is 4.54. The second kappa shape index (κ2) is 6.90. The Morgan fingerprint density at radius 1 is 0.857 bits per heavy atom. The fraction of sp³-hybridized carbons (Fsp3) is 0. The van der Waals surface area contributed by atoms with Gasteiger partial charge in [0.1, 0.15) is 0 Å². The first-order valence-corrected chi connectivity index (χ1v) is 10.1. The van der Waals surface area contributed by atoms with Crippen LogP contribution in [0.15, 0.2) is 69.3 Å². The van der Waals surface area contributed by atoms with E-state index in [9.17, 15) is 18.4 Å². The summed E-state index contributed by atoms with van der Waals surface area (Å²) in [6.45, 7) is 0. The fourth-order valence-electron chi connectivity index (χ4n) is 3.15. The standard InChI is InChI=1S/C20H14N2O4S2/c21-10-5-7-11(8-6-10)27-14-9-15(28(25)26)18(22)17-16(14)19(23)12-3-1-2-4-13(12)20(17)24/h1-9H,21-22H2,(H,25,26). The summed E-state index contributed by atoms with van der Waals surface area (Å²) in [5, 5.41) is 0. The van der Waals surface area contributed by atoms with Gasteiger partial charge < -0.3 is 16.0 Å². The molecule has 5 N–H and O–H groups in total. The van der Waals surface area contributed by atoms with Gasteiger partial charge in [-0.25, -0.2) is 4.21 Å². The van der Waals surface area contributed by atoms with Crippen molar-refractivity contribution in [3.05, 3.63) is 76.9 Å². The minimum absolute atomic E-state index is 0.0263. The van der Waals surface area contributed by atoms with Gasteiger partial charge in [-0.1, -0.05) is 36.0 Å². The van der Waals surface area contributed by atoms with E-state index in [4.69, 9.17) is 11.5 Å². The number of nitrogens with two attached hydrogens (primary N) is 2. The van der Waals surface area contributed by atoms with Gasteiger partial charge in [0, 0.05) is 32.2 Å². The molecular weight excluding hydrogens is 396 g/mol. The van der Waals surface area contributed by atoms with Crippen LogP contribution in [0.25, 0.3) is 0 Å². The maximum absolute atomic E-state index is 13.2. The third-order valence-electron chi connectivity index (χ3n) is 4.46. The van der Waals surface area contributed by atoms with E-state index < -0.39 is 16.9 Å². The van der Waals surface area contributed by atoms with Crippen LogP contribution in [-0.2, 0) is 11.1 Å². The van der Waals surface area contributed by atoms with Crippen molar-refractivity contribution in [2.45, 2.75) is 14.7 Å². The summed E-state index contributed by atoms with van der Waals surface area (Å²) >= 11 is -1.21. The van der Waals surface area contributed by atoms with Gasteiger partial charge >= 0.3 is 0 Å². The first-order valence-electron chi connectivity index (χ1n) is 8.17. The van der Waals surface area contributed by atoms with E-state index in [1.807, 2.05) is 0 Å². The molecule has 0 fully saturated rings. The lowest BCUT2D eigenvalue weighted by atomic mass is 9.83. The number of rotatable bonds is 3. The molecule has 6 nitrogen and oxygen atoms in total. The van der Waals surface area contributed by atoms with Crippen LogP contribution >= 0.6 is 11.8 Å². The lowest BCUT2D eigenvalue weighted by Crippen LogP contribution is -2.24. The molecule has 0 bridgehead atoms. The molecule has 3 aromatic carbocycles. The average Bonchev–Trinajstić information content (AvgIpc) is 2.68. The Morgan fingerprint density at radius 2 is 1.43 bits per heavy atom. The van der Waals surface area contributed by atoms with E-state index in [0.29, 0.717) is 10.6 Å². The van der Waals surface area contributed by atoms with Crippen molar-refractivity contribution in [2.75, 3.05) is 11.5 Å². The van der Waals surface area contributed by atoms with Crippen molar-refractivity contribution in [1.82, 2.24) is 0 Å². The molecule has 0 radical (unpaired) electrons. The highest BCUT2D eigenvalue weighted by molar-refractivity contribution is 7.99. The van der Waals surface area contributed by atoms with Crippen LogP contribution in [0, 0.1) is 0 Å². The van der Waals surface area contributed by atoms with Crippen molar-refractivity contribution < 1.29 is 18.4 Å². The summed E-state index contributed by atoms with van der Waals surface area (Å²) in [5.74, 6) is -0.778. The summed E-state index contributed by atoms with van der Waals surface area (Å²) in [4.78, 5) is 27.3. The minimum Gasteiger partial charge on any atom is -0.399 e. The van der Waals surface area contributed by atoms with Gasteiger partial charge in [-0.2, -0.15) is 0 Å². The molecule has 0 spiro atoms. The zero-order valence-corrected chi connectivity index (χ0v) is 16.0. The number of hydrogen-bond donors (Lipinski definition) is 3. The van der Waals surface area contributed by atoms with Gasteiger partial charge in [0.15, 0.2) is 22.6 Å². The predicted molar refractivity (Wildman–Crippen MR) is 108 cm³/mol. The first kappa shape index (κ1) is 18.4. The lowest BCUT2D eigenvalue weighted by Gasteiger charge is -2.22. The second-order valence-electron chi connectivity index (χ2n) is 6.16. The van der Waals surface area contributed by atoms with E-state index in [1.54, 1.807) is 48.5 Å². The Hall–Kier alpha value is -2.94. The van der Waals surface area contributed by atoms with E-state index >= 15 is 0 Å². The smallest absolute Gasteiger partial charge is 0.196 e. The Balaban J connectivity index is 1.98. The van der Waals surface area contributed by atoms with Crippen LogP contribution < -0.4 is 11.5 Å². The van der Waals surface area contributed by atoms with Crippen LogP contribution in [0.2, 0.25) is 0 Å². The Labute approximate surface area is 167 Å². The molecule has 140 valence electrons. The zero-order valence-electron chi connectivity index (χ0n) is 14.3.